The van der Waals surface area contributed by atoms with Gasteiger partial charge in [-0.2, -0.15) is 0 Å². The van der Waals surface area contributed by atoms with Gasteiger partial charge in [0.25, 0.3) is 16.8 Å². The molecule has 0 bridgehead atoms. The molecule has 3 rings (SSSR count). The van der Waals surface area contributed by atoms with Gasteiger partial charge in [-0.3, -0.25) is 24.6 Å². The van der Waals surface area contributed by atoms with Gasteiger partial charge in [0.15, 0.2) is 0 Å². The average Bonchev–Trinajstić information content (AvgIpc) is 3.01. The standard InChI is InChI=1S/C20H18N2O7S/c1-27-14-8-16(28-2)15(17(9-14)29-3)10-18-19(23)21(20(24)30-18)11-12-4-6-13(7-5-12)22(25)26/h4-10H,11H2,1-3H3/b18-10-. The lowest BCUT2D eigenvalue weighted by Gasteiger charge is -2.13. The van der Waals surface area contributed by atoms with Crippen molar-refractivity contribution >= 4 is 34.7 Å². The molecule has 1 aliphatic rings. The van der Waals surface area contributed by atoms with Crippen molar-refractivity contribution in [2.75, 3.05) is 21.3 Å². The maximum atomic E-state index is 12.8. The van der Waals surface area contributed by atoms with Crippen molar-refractivity contribution in [1.29, 1.82) is 0 Å². The summed E-state index contributed by atoms with van der Waals surface area (Å²) >= 11 is 0.800. The predicted molar refractivity (Wildman–Crippen MR) is 111 cm³/mol. The number of rotatable bonds is 7. The van der Waals surface area contributed by atoms with Crippen LogP contribution >= 0.6 is 11.8 Å². The lowest BCUT2D eigenvalue weighted by Crippen LogP contribution is -2.27. The van der Waals surface area contributed by atoms with E-state index in [0.717, 1.165) is 16.7 Å². The van der Waals surface area contributed by atoms with Crippen molar-refractivity contribution in [3.05, 3.63) is 62.5 Å². The van der Waals surface area contributed by atoms with Gasteiger partial charge in [0, 0.05) is 24.3 Å². The summed E-state index contributed by atoms with van der Waals surface area (Å²) < 4.78 is 16.0. The summed E-state index contributed by atoms with van der Waals surface area (Å²) in [5, 5.41) is 10.3. The predicted octanol–water partition coefficient (Wildman–Crippen LogP) is 3.86. The van der Waals surface area contributed by atoms with Crippen LogP contribution in [0.4, 0.5) is 10.5 Å². The number of hydrogen-bond donors (Lipinski definition) is 0. The molecule has 1 saturated heterocycles. The third-order valence-electron chi connectivity index (χ3n) is 4.39. The van der Waals surface area contributed by atoms with Crippen LogP contribution < -0.4 is 14.2 Å². The largest absolute Gasteiger partial charge is 0.496 e. The minimum atomic E-state index is -0.512. The summed E-state index contributed by atoms with van der Waals surface area (Å²) in [5.74, 6) is 0.900. The first-order chi connectivity index (χ1) is 14.4. The summed E-state index contributed by atoms with van der Waals surface area (Å²) in [6.45, 7) is 0.0108. The quantitative estimate of drug-likeness (QED) is 0.370. The highest BCUT2D eigenvalue weighted by molar-refractivity contribution is 8.18. The number of nitro benzene ring substituents is 1. The Morgan fingerprint density at radius 3 is 2.13 bits per heavy atom. The molecule has 2 amide bonds. The van der Waals surface area contributed by atoms with E-state index in [0.29, 0.717) is 28.4 Å². The Morgan fingerprint density at radius 2 is 1.63 bits per heavy atom. The second-order valence-corrected chi connectivity index (χ2v) is 7.13. The second kappa shape index (κ2) is 8.87. The molecule has 2 aromatic rings. The van der Waals surface area contributed by atoms with Gasteiger partial charge in [0.2, 0.25) is 0 Å². The minimum absolute atomic E-state index is 0.0108. The third kappa shape index (κ3) is 4.23. The van der Waals surface area contributed by atoms with E-state index >= 15 is 0 Å². The Labute approximate surface area is 176 Å². The molecule has 1 aliphatic heterocycles. The topological polar surface area (TPSA) is 108 Å². The van der Waals surface area contributed by atoms with E-state index in [4.69, 9.17) is 14.2 Å². The van der Waals surface area contributed by atoms with Gasteiger partial charge in [-0.05, 0) is 23.4 Å². The van der Waals surface area contributed by atoms with Crippen molar-refractivity contribution in [2.45, 2.75) is 6.54 Å². The highest BCUT2D eigenvalue weighted by Gasteiger charge is 2.35. The van der Waals surface area contributed by atoms with Crippen molar-refractivity contribution in [3.8, 4) is 17.2 Å². The van der Waals surface area contributed by atoms with Crippen LogP contribution in [0.2, 0.25) is 0 Å². The number of non-ortho nitro benzene ring substituents is 1. The highest BCUT2D eigenvalue weighted by atomic mass is 32.2. The molecule has 1 fully saturated rings. The summed E-state index contributed by atoms with van der Waals surface area (Å²) in [7, 11) is 4.47. The van der Waals surface area contributed by atoms with Crippen LogP contribution in [0.15, 0.2) is 41.3 Å². The molecular formula is C20H18N2O7S. The molecule has 0 N–H and O–H groups in total. The Hall–Kier alpha value is -3.53. The number of nitrogens with zero attached hydrogens (tertiary/aromatic N) is 2. The fourth-order valence-corrected chi connectivity index (χ4v) is 3.67. The maximum absolute atomic E-state index is 12.8. The van der Waals surface area contributed by atoms with E-state index in [1.807, 2.05) is 0 Å². The normalized spacial score (nSPS) is 14.9. The monoisotopic (exact) mass is 430 g/mol. The second-order valence-electron chi connectivity index (χ2n) is 6.14. The fraction of sp³-hybridized carbons (Fsp3) is 0.200. The molecule has 30 heavy (non-hydrogen) atoms. The number of imide groups is 1. The molecule has 0 spiro atoms. The van der Waals surface area contributed by atoms with Crippen LogP contribution in [0.1, 0.15) is 11.1 Å². The Balaban J connectivity index is 1.89. The van der Waals surface area contributed by atoms with Crippen molar-refractivity contribution in [2.24, 2.45) is 0 Å². The zero-order chi connectivity index (χ0) is 21.8. The Kier molecular flexibility index (Phi) is 6.26. The number of amides is 2. The van der Waals surface area contributed by atoms with Crippen LogP contribution in [0.25, 0.3) is 6.08 Å². The van der Waals surface area contributed by atoms with Crippen LogP contribution in [-0.2, 0) is 11.3 Å². The van der Waals surface area contributed by atoms with Crippen LogP contribution in [0.5, 0.6) is 17.2 Å². The molecule has 0 aromatic heterocycles. The first-order valence-electron chi connectivity index (χ1n) is 8.66. The smallest absolute Gasteiger partial charge is 0.293 e. The van der Waals surface area contributed by atoms with E-state index in [1.54, 1.807) is 12.1 Å². The fourth-order valence-electron chi connectivity index (χ4n) is 2.85. The minimum Gasteiger partial charge on any atom is -0.496 e. The molecule has 10 heteroatoms. The number of hydrogen-bond acceptors (Lipinski definition) is 8. The zero-order valence-corrected chi connectivity index (χ0v) is 17.2. The highest BCUT2D eigenvalue weighted by Crippen LogP contribution is 2.40. The lowest BCUT2D eigenvalue weighted by atomic mass is 10.1. The first-order valence-corrected chi connectivity index (χ1v) is 9.48. The molecule has 0 radical (unpaired) electrons. The van der Waals surface area contributed by atoms with Crippen LogP contribution in [-0.4, -0.2) is 42.3 Å². The number of nitro groups is 1. The molecule has 2 aromatic carbocycles. The van der Waals surface area contributed by atoms with Crippen LogP contribution in [0.3, 0.4) is 0 Å². The number of carbonyl (C=O) groups excluding carboxylic acids is 2. The van der Waals surface area contributed by atoms with Crippen molar-refractivity contribution < 1.29 is 28.7 Å². The number of ether oxygens (including phenoxy) is 3. The van der Waals surface area contributed by atoms with Crippen molar-refractivity contribution in [1.82, 2.24) is 4.90 Å². The number of methoxy groups -OCH3 is 3. The third-order valence-corrected chi connectivity index (χ3v) is 5.30. The molecule has 9 nitrogen and oxygen atoms in total. The van der Waals surface area contributed by atoms with Gasteiger partial charge in [-0.25, -0.2) is 0 Å². The summed E-state index contributed by atoms with van der Waals surface area (Å²) in [4.78, 5) is 36.8. The van der Waals surface area contributed by atoms with Gasteiger partial charge >= 0.3 is 0 Å². The molecule has 0 saturated carbocycles. The number of carbonyl (C=O) groups is 2. The first kappa shape index (κ1) is 21.2. The van der Waals surface area contributed by atoms with E-state index in [9.17, 15) is 19.7 Å². The summed E-state index contributed by atoms with van der Waals surface area (Å²) in [6.07, 6.45) is 1.54. The van der Waals surface area contributed by atoms with Gasteiger partial charge < -0.3 is 14.2 Å². The zero-order valence-electron chi connectivity index (χ0n) is 16.4. The molecule has 1 heterocycles. The SMILES string of the molecule is COc1cc(OC)c(/C=C2\SC(=O)N(Cc3ccc([N+](=O)[O-])cc3)C2=O)c(OC)c1. The van der Waals surface area contributed by atoms with E-state index in [-0.39, 0.29) is 17.1 Å². The number of thioether (sulfide) groups is 1. The van der Waals surface area contributed by atoms with E-state index in [2.05, 4.69) is 0 Å². The van der Waals surface area contributed by atoms with E-state index in [1.165, 1.54) is 51.7 Å². The lowest BCUT2D eigenvalue weighted by molar-refractivity contribution is -0.384. The van der Waals surface area contributed by atoms with Crippen molar-refractivity contribution in [3.63, 3.8) is 0 Å². The molecular weight excluding hydrogens is 412 g/mol. The van der Waals surface area contributed by atoms with Gasteiger partial charge in [0.1, 0.15) is 17.2 Å². The van der Waals surface area contributed by atoms with E-state index < -0.39 is 16.1 Å². The summed E-state index contributed by atoms with van der Waals surface area (Å²) in [6, 6.07) is 8.99. The summed E-state index contributed by atoms with van der Waals surface area (Å²) in [5.41, 5.74) is 1.04. The van der Waals surface area contributed by atoms with Gasteiger partial charge in [-0.15, -0.1) is 0 Å². The van der Waals surface area contributed by atoms with Gasteiger partial charge in [-0.1, -0.05) is 12.1 Å². The number of benzene rings is 2. The molecule has 0 aliphatic carbocycles. The molecule has 0 unspecified atom stereocenters. The Bertz CT molecular complexity index is 1010. The molecule has 156 valence electrons. The Morgan fingerprint density at radius 1 is 1.03 bits per heavy atom. The van der Waals surface area contributed by atoms with Crippen LogP contribution in [0, 0.1) is 10.1 Å². The average molecular weight is 430 g/mol. The van der Waals surface area contributed by atoms with Gasteiger partial charge in [0.05, 0.1) is 43.3 Å². The maximum Gasteiger partial charge on any atom is 0.293 e. The molecule has 0 atom stereocenters.